The van der Waals surface area contributed by atoms with E-state index in [1.54, 1.807) is 0 Å². The molecule has 1 aliphatic heterocycles. The van der Waals surface area contributed by atoms with E-state index in [1.807, 2.05) is 24.3 Å². The molecule has 0 amide bonds. The zero-order valence-corrected chi connectivity index (χ0v) is 11.3. The first-order chi connectivity index (χ1) is 8.70. The van der Waals surface area contributed by atoms with Gasteiger partial charge in [0.25, 0.3) is 0 Å². The highest BCUT2D eigenvalue weighted by Gasteiger charge is 2.19. The maximum absolute atomic E-state index is 11.0. The summed E-state index contributed by atoms with van der Waals surface area (Å²) < 4.78 is 0. The number of benzene rings is 1. The third-order valence-corrected chi connectivity index (χ3v) is 3.85. The summed E-state index contributed by atoms with van der Waals surface area (Å²) in [6.45, 7) is 3.42. The van der Waals surface area contributed by atoms with Gasteiger partial charge in [-0.1, -0.05) is 12.1 Å². The summed E-state index contributed by atoms with van der Waals surface area (Å²) in [5, 5.41) is 0. The molecule has 0 radical (unpaired) electrons. The number of carbonyl (C=O) groups excluding carboxylic acids is 1. The number of nitrogens with zero attached hydrogens (tertiary/aromatic N) is 2. The Bertz CT molecular complexity index is 397. The summed E-state index contributed by atoms with van der Waals surface area (Å²) >= 11 is 0. The van der Waals surface area contributed by atoms with Gasteiger partial charge in [0, 0.05) is 24.8 Å². The molecule has 1 aromatic rings. The molecular weight excluding hydrogens is 224 g/mol. The Balaban J connectivity index is 1.99. The summed E-state index contributed by atoms with van der Waals surface area (Å²) in [6.07, 6.45) is 3.45. The normalized spacial score (nSPS) is 17.7. The summed E-state index contributed by atoms with van der Waals surface area (Å²) in [5.41, 5.74) is 1.83. The molecular formula is C15H22N2O. The molecule has 3 nitrogen and oxygen atoms in total. The fourth-order valence-electron chi connectivity index (χ4n) is 2.67. The molecule has 2 rings (SSSR count). The Hall–Kier alpha value is -1.35. The maximum atomic E-state index is 11.0. The van der Waals surface area contributed by atoms with Gasteiger partial charge in [0.05, 0.1) is 0 Å². The average Bonchev–Trinajstić information content (AvgIpc) is 2.41. The number of piperidine rings is 1. The first-order valence-electron chi connectivity index (χ1n) is 6.64. The number of hydrogen-bond acceptors (Lipinski definition) is 3. The highest BCUT2D eigenvalue weighted by molar-refractivity contribution is 5.84. The molecule has 1 heterocycles. The molecule has 18 heavy (non-hydrogen) atoms. The Kier molecular flexibility index (Phi) is 4.37. The van der Waals surface area contributed by atoms with E-state index in [0.717, 1.165) is 30.0 Å². The second-order valence-electron chi connectivity index (χ2n) is 5.30. The van der Waals surface area contributed by atoms with Crippen LogP contribution in [0.5, 0.6) is 0 Å². The van der Waals surface area contributed by atoms with Crippen LogP contribution in [0, 0.1) is 5.92 Å². The number of para-hydroxylation sites is 1. The van der Waals surface area contributed by atoms with Crippen LogP contribution < -0.4 is 4.90 Å². The molecule has 0 N–H and O–H groups in total. The van der Waals surface area contributed by atoms with Gasteiger partial charge in [-0.05, 0) is 51.0 Å². The minimum absolute atomic E-state index is 0.742. The van der Waals surface area contributed by atoms with Crippen molar-refractivity contribution in [3.8, 4) is 0 Å². The van der Waals surface area contributed by atoms with Crippen molar-refractivity contribution in [2.45, 2.75) is 12.8 Å². The Morgan fingerprint density at radius 2 is 2.00 bits per heavy atom. The predicted octanol–water partition coefficient (Wildman–Crippen LogP) is 2.28. The predicted molar refractivity (Wildman–Crippen MR) is 75.3 cm³/mol. The van der Waals surface area contributed by atoms with Crippen molar-refractivity contribution in [2.75, 3.05) is 38.6 Å². The first-order valence-corrected chi connectivity index (χ1v) is 6.64. The Morgan fingerprint density at radius 3 is 2.67 bits per heavy atom. The number of carbonyl (C=O) groups is 1. The van der Waals surface area contributed by atoms with Gasteiger partial charge in [-0.2, -0.15) is 0 Å². The van der Waals surface area contributed by atoms with Crippen molar-refractivity contribution in [3.05, 3.63) is 29.8 Å². The number of hydrogen-bond donors (Lipinski definition) is 0. The molecule has 0 aromatic heterocycles. The second-order valence-corrected chi connectivity index (χ2v) is 5.30. The van der Waals surface area contributed by atoms with Crippen LogP contribution in [-0.2, 0) is 0 Å². The lowest BCUT2D eigenvalue weighted by atomic mass is 9.96. The first kappa shape index (κ1) is 13.1. The quantitative estimate of drug-likeness (QED) is 0.761. The molecule has 0 bridgehead atoms. The molecule has 0 atom stereocenters. The summed E-state index contributed by atoms with van der Waals surface area (Å²) in [4.78, 5) is 15.6. The van der Waals surface area contributed by atoms with E-state index in [2.05, 4.69) is 23.9 Å². The van der Waals surface area contributed by atoms with E-state index in [0.29, 0.717) is 0 Å². The van der Waals surface area contributed by atoms with E-state index in [9.17, 15) is 4.79 Å². The van der Waals surface area contributed by atoms with E-state index >= 15 is 0 Å². The van der Waals surface area contributed by atoms with E-state index in [1.165, 1.54) is 25.9 Å². The van der Waals surface area contributed by atoms with Gasteiger partial charge in [0.15, 0.2) is 6.29 Å². The third kappa shape index (κ3) is 3.10. The fourth-order valence-corrected chi connectivity index (χ4v) is 2.67. The van der Waals surface area contributed by atoms with Crippen molar-refractivity contribution >= 4 is 12.0 Å². The number of aldehydes is 1. The lowest BCUT2D eigenvalue weighted by Crippen LogP contribution is -2.35. The van der Waals surface area contributed by atoms with Crippen LogP contribution in [0.15, 0.2) is 24.3 Å². The SMILES string of the molecule is CN1CCC(CN(C)c2ccccc2C=O)CC1. The molecule has 1 aromatic carbocycles. The lowest BCUT2D eigenvalue weighted by molar-refractivity contribution is 0.112. The summed E-state index contributed by atoms with van der Waals surface area (Å²) in [6, 6.07) is 7.82. The van der Waals surface area contributed by atoms with Crippen molar-refractivity contribution in [1.82, 2.24) is 4.90 Å². The highest BCUT2D eigenvalue weighted by Crippen LogP contribution is 2.22. The smallest absolute Gasteiger partial charge is 0.152 e. The monoisotopic (exact) mass is 246 g/mol. The lowest BCUT2D eigenvalue weighted by Gasteiger charge is -2.32. The Labute approximate surface area is 109 Å². The van der Waals surface area contributed by atoms with Gasteiger partial charge >= 0.3 is 0 Å². The average molecular weight is 246 g/mol. The Morgan fingerprint density at radius 1 is 1.33 bits per heavy atom. The summed E-state index contributed by atoms with van der Waals surface area (Å²) in [5.74, 6) is 0.742. The van der Waals surface area contributed by atoms with Gasteiger partial charge in [-0.25, -0.2) is 0 Å². The molecule has 1 aliphatic rings. The van der Waals surface area contributed by atoms with E-state index in [-0.39, 0.29) is 0 Å². The standard InChI is InChI=1S/C15H22N2O/c1-16-9-7-13(8-10-16)11-17(2)15-6-4-3-5-14(15)12-18/h3-6,12-13H,7-11H2,1-2H3. The molecule has 0 unspecified atom stereocenters. The van der Waals surface area contributed by atoms with Crippen molar-refractivity contribution in [2.24, 2.45) is 5.92 Å². The molecule has 0 aliphatic carbocycles. The number of rotatable bonds is 4. The van der Waals surface area contributed by atoms with Crippen molar-refractivity contribution in [1.29, 1.82) is 0 Å². The van der Waals surface area contributed by atoms with E-state index < -0.39 is 0 Å². The number of anilines is 1. The molecule has 3 heteroatoms. The van der Waals surface area contributed by atoms with Crippen LogP contribution in [0.1, 0.15) is 23.2 Å². The minimum Gasteiger partial charge on any atom is -0.374 e. The van der Waals surface area contributed by atoms with Crippen molar-refractivity contribution < 1.29 is 4.79 Å². The third-order valence-electron chi connectivity index (χ3n) is 3.85. The highest BCUT2D eigenvalue weighted by atomic mass is 16.1. The molecule has 0 spiro atoms. The van der Waals surface area contributed by atoms with Crippen LogP contribution in [0.4, 0.5) is 5.69 Å². The van der Waals surface area contributed by atoms with Gasteiger partial charge in [-0.15, -0.1) is 0 Å². The molecule has 1 fully saturated rings. The van der Waals surface area contributed by atoms with Gasteiger partial charge in [-0.3, -0.25) is 4.79 Å². The zero-order valence-electron chi connectivity index (χ0n) is 11.3. The van der Waals surface area contributed by atoms with E-state index in [4.69, 9.17) is 0 Å². The van der Waals surface area contributed by atoms with Gasteiger partial charge in [0.2, 0.25) is 0 Å². The van der Waals surface area contributed by atoms with Crippen LogP contribution in [0.2, 0.25) is 0 Å². The zero-order chi connectivity index (χ0) is 13.0. The maximum Gasteiger partial charge on any atom is 0.152 e. The van der Waals surface area contributed by atoms with Crippen LogP contribution in [0.25, 0.3) is 0 Å². The molecule has 1 saturated heterocycles. The van der Waals surface area contributed by atoms with Gasteiger partial charge < -0.3 is 9.80 Å². The minimum atomic E-state index is 0.742. The fraction of sp³-hybridized carbons (Fsp3) is 0.533. The van der Waals surface area contributed by atoms with Crippen LogP contribution >= 0.6 is 0 Å². The molecule has 98 valence electrons. The largest absolute Gasteiger partial charge is 0.374 e. The topological polar surface area (TPSA) is 23.6 Å². The van der Waals surface area contributed by atoms with Crippen LogP contribution in [0.3, 0.4) is 0 Å². The number of likely N-dealkylation sites (tertiary alicyclic amines) is 1. The van der Waals surface area contributed by atoms with Crippen LogP contribution in [-0.4, -0.2) is 44.9 Å². The van der Waals surface area contributed by atoms with Gasteiger partial charge in [0.1, 0.15) is 0 Å². The van der Waals surface area contributed by atoms with Crippen molar-refractivity contribution in [3.63, 3.8) is 0 Å². The molecule has 0 saturated carbocycles. The second kappa shape index (κ2) is 6.01. The summed E-state index contributed by atoms with van der Waals surface area (Å²) in [7, 11) is 4.27.